The first-order valence-corrected chi connectivity index (χ1v) is 19.7. The van der Waals surface area contributed by atoms with Crippen LogP contribution in [0.4, 0.5) is 0 Å². The van der Waals surface area contributed by atoms with Gasteiger partial charge >= 0.3 is 0 Å². The number of hydrogen-bond donors (Lipinski definition) is 0. The van der Waals surface area contributed by atoms with Crippen LogP contribution in [0.2, 0.25) is 0 Å². The molecule has 3 heterocycles. The van der Waals surface area contributed by atoms with Crippen LogP contribution in [0, 0.1) is 0 Å². The lowest BCUT2D eigenvalue weighted by atomic mass is 9.83. The van der Waals surface area contributed by atoms with Gasteiger partial charge in [-0.3, -0.25) is 0 Å². The SMILES string of the molecule is c1ccc(-c2ccc3oc4cc(-c5c6ccccc6c(-c6cc7c8ccccc8sc7c7sccc67)c6ccccc56)c5ccccc5c4c3c2)cc1. The van der Waals surface area contributed by atoms with Crippen molar-refractivity contribution >= 4 is 107 Å². The highest BCUT2D eigenvalue weighted by Crippen LogP contribution is 2.51. The maximum atomic E-state index is 6.74. The minimum absolute atomic E-state index is 0.906. The summed E-state index contributed by atoms with van der Waals surface area (Å²) in [5.74, 6) is 0. The molecule has 0 saturated carbocycles. The van der Waals surface area contributed by atoms with Gasteiger partial charge in [-0.25, -0.2) is 0 Å². The van der Waals surface area contributed by atoms with E-state index in [2.05, 4.69) is 169 Å². The van der Waals surface area contributed by atoms with Gasteiger partial charge in [-0.05, 0) is 107 Å². The molecule has 0 bridgehead atoms. The standard InChI is InChI=1S/C50H28OS2/c1-2-12-29(13-3-1)30-22-23-43-42(26-30)48-33-16-5-4-14-31(33)40(28-44(48)51-43)47-36-19-8-6-17-34(36)46(35-18-7-9-20-37(35)47)39-27-41-32-15-10-11-21-45(32)53-50(41)49-38(39)24-25-52-49/h1-28H. The fourth-order valence-electron chi connectivity index (χ4n) is 8.87. The zero-order valence-corrected chi connectivity index (χ0v) is 30.0. The molecular weight excluding hydrogens is 681 g/mol. The summed E-state index contributed by atoms with van der Waals surface area (Å²) in [5.41, 5.74) is 9.23. The van der Waals surface area contributed by atoms with E-state index >= 15 is 0 Å². The lowest BCUT2D eigenvalue weighted by Crippen LogP contribution is -1.92. The van der Waals surface area contributed by atoms with Crippen LogP contribution in [0.15, 0.2) is 174 Å². The van der Waals surface area contributed by atoms with E-state index in [0.717, 1.165) is 16.6 Å². The van der Waals surface area contributed by atoms with Crippen LogP contribution in [-0.2, 0) is 0 Å². The number of benzene rings is 9. The number of fused-ring (bicyclic) bond motifs is 12. The molecule has 0 amide bonds. The Balaban J connectivity index is 1.19. The highest BCUT2D eigenvalue weighted by molar-refractivity contribution is 7.30. The van der Waals surface area contributed by atoms with Crippen molar-refractivity contribution in [2.75, 3.05) is 0 Å². The first-order chi connectivity index (χ1) is 26.3. The highest BCUT2D eigenvalue weighted by atomic mass is 32.1. The number of thiophene rings is 2. The van der Waals surface area contributed by atoms with Gasteiger partial charge in [0.2, 0.25) is 0 Å². The molecule has 0 radical (unpaired) electrons. The number of rotatable bonds is 3. The Kier molecular flexibility index (Phi) is 6.15. The quantitative estimate of drug-likeness (QED) is 0.167. The van der Waals surface area contributed by atoms with E-state index in [9.17, 15) is 0 Å². The van der Waals surface area contributed by atoms with Crippen molar-refractivity contribution in [1.82, 2.24) is 0 Å². The Morgan fingerprint density at radius 2 is 0.962 bits per heavy atom. The van der Waals surface area contributed by atoms with Crippen LogP contribution in [-0.4, -0.2) is 0 Å². The first kappa shape index (κ1) is 29.3. The molecule has 3 aromatic heterocycles. The molecular formula is C50H28OS2. The third kappa shape index (κ3) is 4.18. The average molecular weight is 709 g/mol. The van der Waals surface area contributed by atoms with Crippen molar-refractivity contribution in [3.8, 4) is 33.4 Å². The predicted molar refractivity (Wildman–Crippen MR) is 231 cm³/mol. The van der Waals surface area contributed by atoms with Crippen molar-refractivity contribution in [1.29, 1.82) is 0 Å². The summed E-state index contributed by atoms with van der Waals surface area (Å²) in [5, 5.41) is 16.0. The Hall–Kier alpha value is -6.26. The second-order valence-corrected chi connectivity index (χ2v) is 15.9. The molecule has 0 aliphatic heterocycles. The van der Waals surface area contributed by atoms with Crippen molar-refractivity contribution in [3.05, 3.63) is 169 Å². The Morgan fingerprint density at radius 1 is 0.358 bits per heavy atom. The second-order valence-electron chi connectivity index (χ2n) is 13.9. The summed E-state index contributed by atoms with van der Waals surface area (Å²) in [7, 11) is 0. The third-order valence-electron chi connectivity index (χ3n) is 11.1. The molecule has 12 aromatic rings. The summed E-state index contributed by atoms with van der Waals surface area (Å²) in [6.07, 6.45) is 0. The van der Waals surface area contributed by atoms with E-state index in [-0.39, 0.29) is 0 Å². The van der Waals surface area contributed by atoms with Gasteiger partial charge in [0.15, 0.2) is 0 Å². The predicted octanol–water partition coefficient (Wildman–Crippen LogP) is 15.6. The summed E-state index contributed by atoms with van der Waals surface area (Å²) in [6, 6.07) is 60.0. The smallest absolute Gasteiger partial charge is 0.136 e. The molecule has 3 heteroatoms. The van der Waals surface area contributed by atoms with Gasteiger partial charge in [-0.15, -0.1) is 22.7 Å². The maximum Gasteiger partial charge on any atom is 0.136 e. The van der Waals surface area contributed by atoms with Crippen molar-refractivity contribution in [3.63, 3.8) is 0 Å². The van der Waals surface area contributed by atoms with Crippen LogP contribution in [0.1, 0.15) is 0 Å². The van der Waals surface area contributed by atoms with E-state index in [4.69, 9.17) is 4.42 Å². The maximum absolute atomic E-state index is 6.74. The van der Waals surface area contributed by atoms with E-state index in [1.165, 1.54) is 101 Å². The zero-order chi connectivity index (χ0) is 34.6. The number of furan rings is 1. The van der Waals surface area contributed by atoms with E-state index in [1.54, 1.807) is 0 Å². The highest BCUT2D eigenvalue weighted by Gasteiger charge is 2.23. The molecule has 9 aromatic carbocycles. The van der Waals surface area contributed by atoms with Gasteiger partial charge in [0.05, 0.1) is 9.40 Å². The molecule has 12 rings (SSSR count). The molecule has 0 N–H and O–H groups in total. The molecule has 0 aliphatic carbocycles. The van der Waals surface area contributed by atoms with E-state index < -0.39 is 0 Å². The van der Waals surface area contributed by atoms with Gasteiger partial charge in [0.25, 0.3) is 0 Å². The zero-order valence-electron chi connectivity index (χ0n) is 28.4. The topological polar surface area (TPSA) is 13.1 Å². The fourth-order valence-corrected chi connectivity index (χ4v) is 11.1. The Labute approximate surface area is 312 Å². The molecule has 0 unspecified atom stereocenters. The van der Waals surface area contributed by atoms with Gasteiger partial charge in [-0.1, -0.05) is 127 Å². The fraction of sp³-hybridized carbons (Fsp3) is 0. The number of hydrogen-bond acceptors (Lipinski definition) is 3. The first-order valence-electron chi connectivity index (χ1n) is 18.0. The molecule has 0 aliphatic rings. The second kappa shape index (κ2) is 11.1. The van der Waals surface area contributed by atoms with Crippen LogP contribution >= 0.6 is 22.7 Å². The average Bonchev–Trinajstić information content (AvgIpc) is 3.95. The Bertz CT molecular complexity index is 3390. The van der Waals surface area contributed by atoms with Crippen LogP contribution in [0.5, 0.6) is 0 Å². The summed E-state index contributed by atoms with van der Waals surface area (Å²) in [6.45, 7) is 0. The summed E-state index contributed by atoms with van der Waals surface area (Å²) >= 11 is 3.77. The van der Waals surface area contributed by atoms with Crippen LogP contribution in [0.3, 0.4) is 0 Å². The normalized spacial score (nSPS) is 12.2. The van der Waals surface area contributed by atoms with Crippen molar-refractivity contribution in [2.45, 2.75) is 0 Å². The lowest BCUT2D eigenvalue weighted by Gasteiger charge is -2.19. The lowest BCUT2D eigenvalue weighted by molar-refractivity contribution is 0.669. The van der Waals surface area contributed by atoms with Gasteiger partial charge < -0.3 is 4.42 Å². The molecule has 246 valence electrons. The monoisotopic (exact) mass is 708 g/mol. The minimum atomic E-state index is 0.906. The van der Waals surface area contributed by atoms with Gasteiger partial charge in [-0.2, -0.15) is 0 Å². The molecule has 0 spiro atoms. The summed E-state index contributed by atoms with van der Waals surface area (Å²) < 4.78 is 10.8. The van der Waals surface area contributed by atoms with E-state index in [1.807, 2.05) is 22.7 Å². The van der Waals surface area contributed by atoms with Gasteiger partial charge in [0.1, 0.15) is 11.2 Å². The summed E-state index contributed by atoms with van der Waals surface area (Å²) in [4.78, 5) is 0. The molecule has 53 heavy (non-hydrogen) atoms. The molecule has 0 atom stereocenters. The molecule has 0 saturated heterocycles. The largest absolute Gasteiger partial charge is 0.456 e. The van der Waals surface area contributed by atoms with E-state index in [0.29, 0.717) is 0 Å². The Morgan fingerprint density at radius 3 is 1.68 bits per heavy atom. The van der Waals surface area contributed by atoms with Crippen molar-refractivity contribution in [2.24, 2.45) is 0 Å². The third-order valence-corrected chi connectivity index (χ3v) is 13.4. The molecule has 0 fully saturated rings. The van der Waals surface area contributed by atoms with Gasteiger partial charge in [0, 0.05) is 31.6 Å². The minimum Gasteiger partial charge on any atom is -0.456 e. The van der Waals surface area contributed by atoms with Crippen LogP contribution in [0.25, 0.3) is 118 Å². The van der Waals surface area contributed by atoms with Crippen LogP contribution < -0.4 is 0 Å². The molecule has 1 nitrogen and oxygen atoms in total. The van der Waals surface area contributed by atoms with Crippen molar-refractivity contribution < 1.29 is 4.42 Å².